The summed E-state index contributed by atoms with van der Waals surface area (Å²) >= 11 is 7.43. The van der Waals surface area contributed by atoms with Gasteiger partial charge in [-0.1, -0.05) is 35.9 Å². The highest BCUT2D eigenvalue weighted by molar-refractivity contribution is 7.99. The maximum absolute atomic E-state index is 11.7. The molecule has 0 fully saturated rings. The van der Waals surface area contributed by atoms with Crippen molar-refractivity contribution in [1.29, 1.82) is 0 Å². The molecule has 0 bridgehead atoms. The van der Waals surface area contributed by atoms with Gasteiger partial charge in [0.2, 0.25) is 5.91 Å². The monoisotopic (exact) mass is 348 g/mol. The Balaban J connectivity index is 1.75. The number of rotatable bonds is 7. The molecule has 0 aliphatic heterocycles. The zero-order valence-corrected chi connectivity index (χ0v) is 14.2. The quantitative estimate of drug-likeness (QED) is 0.612. The molecular weight excluding hydrogens is 332 g/mol. The van der Waals surface area contributed by atoms with E-state index in [0.29, 0.717) is 16.5 Å². The summed E-state index contributed by atoms with van der Waals surface area (Å²) in [6.45, 7) is 0. The molecular formula is C17H17ClN2O2S. The third kappa shape index (κ3) is 5.96. The molecule has 0 saturated heterocycles. The van der Waals surface area contributed by atoms with Gasteiger partial charge in [0.05, 0.1) is 19.1 Å². The first-order valence-electron chi connectivity index (χ1n) is 6.96. The molecule has 0 aliphatic rings. The van der Waals surface area contributed by atoms with Gasteiger partial charge in [-0.3, -0.25) is 4.79 Å². The summed E-state index contributed by atoms with van der Waals surface area (Å²) in [4.78, 5) is 11.7. The first kappa shape index (κ1) is 17.4. The maximum atomic E-state index is 11.7. The minimum atomic E-state index is -0.150. The standard InChI is InChI=1S/C17H17ClN2O2S/c1-22-16-8-3-2-6-14(16)10-19-20-17(21)12-23-11-13-5-4-7-15(18)9-13/h2-10H,11-12H2,1H3,(H,20,21)/b19-10-. The van der Waals surface area contributed by atoms with Gasteiger partial charge < -0.3 is 4.74 Å². The first-order chi connectivity index (χ1) is 11.2. The molecule has 0 atom stereocenters. The van der Waals surface area contributed by atoms with E-state index >= 15 is 0 Å². The molecule has 4 nitrogen and oxygen atoms in total. The minimum Gasteiger partial charge on any atom is -0.496 e. The van der Waals surface area contributed by atoms with Crippen LogP contribution in [0, 0.1) is 0 Å². The number of hydrogen-bond acceptors (Lipinski definition) is 4. The lowest BCUT2D eigenvalue weighted by Gasteiger charge is -2.04. The lowest BCUT2D eigenvalue weighted by atomic mass is 10.2. The van der Waals surface area contributed by atoms with Gasteiger partial charge in [-0.15, -0.1) is 11.8 Å². The lowest BCUT2D eigenvalue weighted by Crippen LogP contribution is -2.19. The summed E-state index contributed by atoms with van der Waals surface area (Å²) < 4.78 is 5.21. The van der Waals surface area contributed by atoms with Gasteiger partial charge in [-0.2, -0.15) is 5.10 Å². The number of nitrogens with one attached hydrogen (secondary N) is 1. The van der Waals surface area contributed by atoms with Crippen LogP contribution in [0.15, 0.2) is 53.6 Å². The van der Waals surface area contributed by atoms with E-state index in [1.165, 1.54) is 11.8 Å². The summed E-state index contributed by atoms with van der Waals surface area (Å²) in [6, 6.07) is 15.1. The Morgan fingerprint density at radius 1 is 1.30 bits per heavy atom. The van der Waals surface area contributed by atoms with Crippen LogP contribution < -0.4 is 10.2 Å². The van der Waals surface area contributed by atoms with Crippen molar-refractivity contribution in [2.45, 2.75) is 5.75 Å². The van der Waals surface area contributed by atoms with Crippen LogP contribution in [-0.2, 0) is 10.5 Å². The number of benzene rings is 2. The molecule has 6 heteroatoms. The van der Waals surface area contributed by atoms with Crippen molar-refractivity contribution in [3.05, 3.63) is 64.7 Å². The van der Waals surface area contributed by atoms with Crippen molar-refractivity contribution < 1.29 is 9.53 Å². The molecule has 120 valence electrons. The summed E-state index contributed by atoms with van der Waals surface area (Å²) in [7, 11) is 1.59. The number of ether oxygens (including phenoxy) is 1. The van der Waals surface area contributed by atoms with E-state index in [9.17, 15) is 4.79 Å². The number of hydrogen-bond donors (Lipinski definition) is 1. The second-order valence-electron chi connectivity index (χ2n) is 4.66. The lowest BCUT2D eigenvalue weighted by molar-refractivity contribution is -0.118. The van der Waals surface area contributed by atoms with Gasteiger partial charge in [0.1, 0.15) is 5.75 Å². The predicted octanol–water partition coefficient (Wildman–Crippen LogP) is 3.73. The SMILES string of the molecule is COc1ccccc1/C=N\NC(=O)CSCc1cccc(Cl)c1. The number of hydrazone groups is 1. The maximum Gasteiger partial charge on any atom is 0.250 e. The minimum absolute atomic E-state index is 0.150. The van der Waals surface area contributed by atoms with Crippen molar-refractivity contribution in [2.75, 3.05) is 12.9 Å². The molecule has 0 unspecified atom stereocenters. The van der Waals surface area contributed by atoms with Crippen LogP contribution in [0.3, 0.4) is 0 Å². The van der Waals surface area contributed by atoms with E-state index in [4.69, 9.17) is 16.3 Å². The number of thioether (sulfide) groups is 1. The average molecular weight is 349 g/mol. The Labute approximate surface area is 144 Å². The molecule has 0 spiro atoms. The summed E-state index contributed by atoms with van der Waals surface area (Å²) in [5, 5.41) is 4.65. The second-order valence-corrected chi connectivity index (χ2v) is 6.08. The van der Waals surface area contributed by atoms with Gasteiger partial charge in [0, 0.05) is 16.3 Å². The van der Waals surface area contributed by atoms with E-state index in [1.54, 1.807) is 13.3 Å². The van der Waals surface area contributed by atoms with E-state index in [1.807, 2.05) is 48.5 Å². The van der Waals surface area contributed by atoms with E-state index in [0.717, 1.165) is 16.9 Å². The highest BCUT2D eigenvalue weighted by atomic mass is 35.5. The van der Waals surface area contributed by atoms with Crippen molar-refractivity contribution in [3.8, 4) is 5.75 Å². The van der Waals surface area contributed by atoms with E-state index in [2.05, 4.69) is 10.5 Å². The molecule has 2 aromatic carbocycles. The fourth-order valence-corrected chi connectivity index (χ4v) is 2.85. The Kier molecular flexibility index (Phi) is 6.97. The highest BCUT2D eigenvalue weighted by Gasteiger charge is 2.02. The number of nitrogens with zero attached hydrogens (tertiary/aromatic N) is 1. The number of methoxy groups -OCH3 is 1. The summed E-state index contributed by atoms with van der Waals surface area (Å²) in [6.07, 6.45) is 1.57. The number of para-hydroxylation sites is 1. The molecule has 2 aromatic rings. The van der Waals surface area contributed by atoms with Crippen LogP contribution in [0.2, 0.25) is 5.02 Å². The predicted molar refractivity (Wildman–Crippen MR) is 96.3 cm³/mol. The Bertz CT molecular complexity index is 692. The molecule has 23 heavy (non-hydrogen) atoms. The largest absolute Gasteiger partial charge is 0.496 e. The molecule has 2 rings (SSSR count). The Morgan fingerprint density at radius 2 is 2.13 bits per heavy atom. The van der Waals surface area contributed by atoms with E-state index < -0.39 is 0 Å². The van der Waals surface area contributed by atoms with Gasteiger partial charge in [-0.25, -0.2) is 5.43 Å². The van der Waals surface area contributed by atoms with Gasteiger partial charge in [0.25, 0.3) is 0 Å². The number of halogens is 1. The third-order valence-corrected chi connectivity index (χ3v) is 4.16. The Hall–Kier alpha value is -1.98. The topological polar surface area (TPSA) is 50.7 Å². The zero-order valence-electron chi connectivity index (χ0n) is 12.7. The van der Waals surface area contributed by atoms with Crippen LogP contribution in [0.4, 0.5) is 0 Å². The molecule has 0 aromatic heterocycles. The molecule has 0 aliphatic carbocycles. The molecule has 1 amide bonds. The van der Waals surface area contributed by atoms with Crippen molar-refractivity contribution in [2.24, 2.45) is 5.10 Å². The number of carbonyl (C=O) groups excluding carboxylic acids is 1. The molecule has 0 saturated carbocycles. The van der Waals surface area contributed by atoms with Crippen LogP contribution in [0.25, 0.3) is 0 Å². The highest BCUT2D eigenvalue weighted by Crippen LogP contribution is 2.16. The van der Waals surface area contributed by atoms with Crippen LogP contribution in [-0.4, -0.2) is 25.0 Å². The first-order valence-corrected chi connectivity index (χ1v) is 8.49. The fraction of sp³-hybridized carbons (Fsp3) is 0.176. The smallest absolute Gasteiger partial charge is 0.250 e. The van der Waals surface area contributed by atoms with Crippen LogP contribution >= 0.6 is 23.4 Å². The third-order valence-electron chi connectivity index (χ3n) is 2.92. The van der Waals surface area contributed by atoms with Crippen molar-refractivity contribution in [3.63, 3.8) is 0 Å². The van der Waals surface area contributed by atoms with Crippen molar-refractivity contribution >= 4 is 35.5 Å². The van der Waals surface area contributed by atoms with Crippen molar-refractivity contribution in [1.82, 2.24) is 5.43 Å². The summed E-state index contributed by atoms with van der Waals surface area (Å²) in [5.41, 5.74) is 4.41. The molecule has 1 N–H and O–H groups in total. The van der Waals surface area contributed by atoms with Crippen LogP contribution in [0.5, 0.6) is 5.75 Å². The number of carbonyl (C=O) groups is 1. The van der Waals surface area contributed by atoms with E-state index in [-0.39, 0.29) is 5.91 Å². The van der Waals surface area contributed by atoms with Gasteiger partial charge >= 0.3 is 0 Å². The average Bonchev–Trinajstić information content (AvgIpc) is 2.55. The normalized spacial score (nSPS) is 10.7. The molecule has 0 heterocycles. The summed E-state index contributed by atoms with van der Waals surface area (Å²) in [5.74, 6) is 1.61. The van der Waals surface area contributed by atoms with Crippen LogP contribution in [0.1, 0.15) is 11.1 Å². The second kappa shape index (κ2) is 9.22. The fourth-order valence-electron chi connectivity index (χ4n) is 1.87. The molecule has 0 radical (unpaired) electrons. The number of amides is 1. The van der Waals surface area contributed by atoms with Gasteiger partial charge in [0.15, 0.2) is 0 Å². The van der Waals surface area contributed by atoms with Gasteiger partial charge in [-0.05, 0) is 29.8 Å². The Morgan fingerprint density at radius 3 is 2.91 bits per heavy atom. The zero-order chi connectivity index (χ0) is 16.5.